The SMILES string of the molecule is COCc1cc(Cn2cc(-c3ccc4c(c3)CC(C)(C)O4)nn2)[nH]n1. The van der Waals surface area contributed by atoms with Crippen molar-refractivity contribution in [2.75, 3.05) is 7.11 Å². The molecule has 1 N–H and O–H groups in total. The Kier molecular flexibility index (Phi) is 3.80. The van der Waals surface area contributed by atoms with E-state index < -0.39 is 0 Å². The first-order chi connectivity index (χ1) is 12.0. The third-order valence-corrected chi connectivity index (χ3v) is 4.21. The minimum atomic E-state index is -0.140. The minimum Gasteiger partial charge on any atom is -0.487 e. The van der Waals surface area contributed by atoms with Gasteiger partial charge in [0.2, 0.25) is 0 Å². The molecule has 0 aliphatic carbocycles. The zero-order valence-corrected chi connectivity index (χ0v) is 14.6. The van der Waals surface area contributed by atoms with Crippen LogP contribution in [0.15, 0.2) is 30.5 Å². The number of fused-ring (bicyclic) bond motifs is 1. The molecule has 0 saturated heterocycles. The molecule has 1 aromatic carbocycles. The predicted molar refractivity (Wildman–Crippen MR) is 92.3 cm³/mol. The number of H-pyrrole nitrogens is 1. The molecule has 1 aliphatic rings. The smallest absolute Gasteiger partial charge is 0.123 e. The molecule has 0 spiro atoms. The normalized spacial score (nSPS) is 15.2. The number of ether oxygens (including phenoxy) is 2. The van der Waals surface area contributed by atoms with Gasteiger partial charge in [0.05, 0.1) is 30.7 Å². The second-order valence-corrected chi connectivity index (χ2v) is 6.98. The van der Waals surface area contributed by atoms with Crippen LogP contribution in [-0.2, 0) is 24.3 Å². The molecule has 2 aromatic heterocycles. The van der Waals surface area contributed by atoms with Crippen LogP contribution >= 0.6 is 0 Å². The van der Waals surface area contributed by atoms with Crippen molar-refractivity contribution in [3.8, 4) is 17.0 Å². The third kappa shape index (κ3) is 3.28. The van der Waals surface area contributed by atoms with Crippen molar-refractivity contribution in [1.29, 1.82) is 0 Å². The van der Waals surface area contributed by atoms with Crippen molar-refractivity contribution in [2.24, 2.45) is 0 Å². The highest BCUT2D eigenvalue weighted by atomic mass is 16.5. The first-order valence-corrected chi connectivity index (χ1v) is 8.27. The van der Waals surface area contributed by atoms with Gasteiger partial charge >= 0.3 is 0 Å². The standard InChI is InChI=1S/C18H21N5O2/c1-18(2)8-13-6-12(4-5-17(13)25-18)16-10-23(22-21-16)9-14-7-15(11-24-3)20-19-14/h4-7,10H,8-9,11H2,1-3H3,(H,19,20). The lowest BCUT2D eigenvalue weighted by Crippen LogP contribution is -2.24. The number of aromatic amines is 1. The van der Waals surface area contributed by atoms with E-state index >= 15 is 0 Å². The van der Waals surface area contributed by atoms with E-state index in [1.807, 2.05) is 24.4 Å². The fraction of sp³-hybridized carbons (Fsp3) is 0.389. The molecule has 0 unspecified atom stereocenters. The number of aromatic nitrogens is 5. The zero-order valence-electron chi connectivity index (χ0n) is 14.6. The molecule has 3 aromatic rings. The monoisotopic (exact) mass is 339 g/mol. The van der Waals surface area contributed by atoms with Crippen LogP contribution in [0.4, 0.5) is 0 Å². The maximum atomic E-state index is 5.93. The van der Waals surface area contributed by atoms with E-state index in [0.29, 0.717) is 13.2 Å². The summed E-state index contributed by atoms with van der Waals surface area (Å²) in [7, 11) is 1.65. The fourth-order valence-electron chi connectivity index (χ4n) is 3.16. The molecule has 7 nitrogen and oxygen atoms in total. The molecule has 0 saturated carbocycles. The molecule has 0 radical (unpaired) electrons. The summed E-state index contributed by atoms with van der Waals surface area (Å²) in [6, 6.07) is 8.16. The van der Waals surface area contributed by atoms with Crippen LogP contribution in [0, 0.1) is 0 Å². The molecule has 1 aliphatic heterocycles. The summed E-state index contributed by atoms with van der Waals surface area (Å²) in [5, 5.41) is 15.7. The van der Waals surface area contributed by atoms with Gasteiger partial charge in [-0.15, -0.1) is 5.10 Å². The van der Waals surface area contributed by atoms with Crippen molar-refractivity contribution in [1.82, 2.24) is 25.2 Å². The van der Waals surface area contributed by atoms with Gasteiger partial charge in [-0.1, -0.05) is 5.21 Å². The molecule has 7 heteroatoms. The van der Waals surface area contributed by atoms with Crippen LogP contribution in [0.25, 0.3) is 11.3 Å². The van der Waals surface area contributed by atoms with Crippen molar-refractivity contribution in [3.05, 3.63) is 47.4 Å². The Balaban J connectivity index is 1.52. The second kappa shape index (κ2) is 6.00. The summed E-state index contributed by atoms with van der Waals surface area (Å²) < 4.78 is 12.8. The summed E-state index contributed by atoms with van der Waals surface area (Å²) in [5.41, 5.74) is 4.82. The first-order valence-electron chi connectivity index (χ1n) is 8.27. The van der Waals surface area contributed by atoms with Crippen LogP contribution in [0.1, 0.15) is 30.8 Å². The number of nitrogens with one attached hydrogen (secondary N) is 1. The Morgan fingerprint density at radius 1 is 1.32 bits per heavy atom. The molecule has 130 valence electrons. The zero-order chi connectivity index (χ0) is 17.4. The number of rotatable bonds is 5. The lowest BCUT2D eigenvalue weighted by atomic mass is 9.99. The highest BCUT2D eigenvalue weighted by molar-refractivity contribution is 5.62. The number of nitrogens with zero attached hydrogens (tertiary/aromatic N) is 4. The Labute approximate surface area is 146 Å². The molecule has 25 heavy (non-hydrogen) atoms. The van der Waals surface area contributed by atoms with Gasteiger partial charge in [0.15, 0.2) is 0 Å². The highest BCUT2D eigenvalue weighted by Crippen LogP contribution is 2.36. The number of methoxy groups -OCH3 is 1. The molecule has 4 rings (SSSR count). The van der Waals surface area contributed by atoms with Crippen LogP contribution in [0.5, 0.6) is 5.75 Å². The van der Waals surface area contributed by atoms with E-state index in [1.165, 1.54) is 5.56 Å². The van der Waals surface area contributed by atoms with Crippen LogP contribution in [0.2, 0.25) is 0 Å². The molecule has 0 bridgehead atoms. The average molecular weight is 339 g/mol. The van der Waals surface area contributed by atoms with Gasteiger partial charge in [0.1, 0.15) is 17.0 Å². The Morgan fingerprint density at radius 2 is 2.20 bits per heavy atom. The maximum absolute atomic E-state index is 5.93. The van der Waals surface area contributed by atoms with Gasteiger partial charge in [0, 0.05) is 19.1 Å². The summed E-state index contributed by atoms with van der Waals surface area (Å²) >= 11 is 0. The Morgan fingerprint density at radius 3 is 3.04 bits per heavy atom. The number of benzene rings is 1. The van der Waals surface area contributed by atoms with E-state index in [1.54, 1.807) is 11.8 Å². The summed E-state index contributed by atoms with van der Waals surface area (Å²) in [6.07, 6.45) is 2.85. The maximum Gasteiger partial charge on any atom is 0.123 e. The first kappa shape index (κ1) is 15.8. The minimum absolute atomic E-state index is 0.140. The number of hydrogen-bond acceptors (Lipinski definition) is 5. The van der Waals surface area contributed by atoms with Gasteiger partial charge in [-0.2, -0.15) is 5.10 Å². The lowest BCUT2D eigenvalue weighted by molar-refractivity contribution is 0.138. The fourth-order valence-corrected chi connectivity index (χ4v) is 3.16. The molecular weight excluding hydrogens is 318 g/mol. The van der Waals surface area contributed by atoms with Gasteiger partial charge in [-0.3, -0.25) is 5.10 Å². The molecule has 0 atom stereocenters. The number of hydrogen-bond donors (Lipinski definition) is 1. The Hall–Kier alpha value is -2.67. The van der Waals surface area contributed by atoms with Crippen molar-refractivity contribution >= 4 is 0 Å². The van der Waals surface area contributed by atoms with Crippen molar-refractivity contribution in [3.63, 3.8) is 0 Å². The quantitative estimate of drug-likeness (QED) is 0.773. The highest BCUT2D eigenvalue weighted by Gasteiger charge is 2.30. The second-order valence-electron chi connectivity index (χ2n) is 6.98. The summed E-state index contributed by atoms with van der Waals surface area (Å²) in [6.45, 7) is 5.29. The summed E-state index contributed by atoms with van der Waals surface area (Å²) in [4.78, 5) is 0. The van der Waals surface area contributed by atoms with Crippen LogP contribution < -0.4 is 4.74 Å². The van der Waals surface area contributed by atoms with E-state index in [-0.39, 0.29) is 5.60 Å². The van der Waals surface area contributed by atoms with Gasteiger partial charge in [-0.05, 0) is 43.7 Å². The Bertz CT molecular complexity index is 897. The van der Waals surface area contributed by atoms with Crippen LogP contribution in [-0.4, -0.2) is 37.9 Å². The molecular formula is C18H21N5O2. The van der Waals surface area contributed by atoms with Gasteiger partial charge in [0.25, 0.3) is 0 Å². The largest absolute Gasteiger partial charge is 0.487 e. The average Bonchev–Trinajstić information content (AvgIpc) is 3.25. The van der Waals surface area contributed by atoms with E-state index in [2.05, 4.69) is 40.4 Å². The molecule has 3 heterocycles. The summed E-state index contributed by atoms with van der Waals surface area (Å²) in [5.74, 6) is 0.962. The van der Waals surface area contributed by atoms with E-state index in [4.69, 9.17) is 9.47 Å². The molecule has 0 amide bonds. The lowest BCUT2D eigenvalue weighted by Gasteiger charge is -2.16. The predicted octanol–water partition coefficient (Wildman–Crippen LogP) is 2.58. The third-order valence-electron chi connectivity index (χ3n) is 4.21. The van der Waals surface area contributed by atoms with Crippen molar-refractivity contribution < 1.29 is 9.47 Å². The van der Waals surface area contributed by atoms with Crippen molar-refractivity contribution in [2.45, 2.75) is 39.0 Å². The van der Waals surface area contributed by atoms with Gasteiger partial charge < -0.3 is 9.47 Å². The topological polar surface area (TPSA) is 77.9 Å². The van der Waals surface area contributed by atoms with E-state index in [9.17, 15) is 0 Å². The molecule has 0 fully saturated rings. The van der Waals surface area contributed by atoms with Crippen LogP contribution in [0.3, 0.4) is 0 Å². The van der Waals surface area contributed by atoms with Gasteiger partial charge in [-0.25, -0.2) is 4.68 Å². The van der Waals surface area contributed by atoms with E-state index in [0.717, 1.165) is 34.8 Å².